The van der Waals surface area contributed by atoms with E-state index in [1.807, 2.05) is 0 Å². The zero-order chi connectivity index (χ0) is 14.6. The highest BCUT2D eigenvalue weighted by Gasteiger charge is 2.23. The van der Waals surface area contributed by atoms with Crippen molar-refractivity contribution in [2.75, 3.05) is 34.4 Å². The Hall–Kier alpha value is -0.120. The predicted molar refractivity (Wildman–Crippen MR) is 87.3 cm³/mol. The molecule has 0 aromatic carbocycles. The lowest BCUT2D eigenvalue weighted by molar-refractivity contribution is 0.115. The Bertz CT molecular complexity index is 223. The first-order valence-electron chi connectivity index (χ1n) is 8.66. The lowest BCUT2D eigenvalue weighted by Gasteiger charge is -2.35. The number of nitrogens with one attached hydrogen (secondary N) is 1. The number of nitrogens with zero attached hydrogens (tertiary/aromatic N) is 1. The predicted octanol–water partition coefficient (Wildman–Crippen LogP) is 3.44. The summed E-state index contributed by atoms with van der Waals surface area (Å²) in [6.45, 7) is 1.88. The van der Waals surface area contributed by atoms with Crippen molar-refractivity contribution in [2.24, 2.45) is 0 Å². The average molecular weight is 284 g/mol. The molecule has 1 N–H and O–H groups in total. The van der Waals surface area contributed by atoms with Crippen LogP contribution in [0.1, 0.15) is 64.2 Å². The molecule has 0 spiro atoms. The second-order valence-corrected chi connectivity index (χ2v) is 6.34. The highest BCUT2D eigenvalue weighted by atomic mass is 16.5. The minimum absolute atomic E-state index is 0.635. The van der Waals surface area contributed by atoms with Crippen LogP contribution in [0.15, 0.2) is 0 Å². The van der Waals surface area contributed by atoms with Gasteiger partial charge in [0.15, 0.2) is 0 Å². The number of rotatable bonds is 5. The minimum atomic E-state index is 0.635. The molecule has 0 bridgehead atoms. The summed E-state index contributed by atoms with van der Waals surface area (Å²) in [4.78, 5) is 2.51. The highest BCUT2D eigenvalue weighted by molar-refractivity contribution is 4.83. The van der Waals surface area contributed by atoms with Crippen LogP contribution < -0.4 is 5.32 Å². The second kappa shape index (κ2) is 11.5. The molecule has 0 aromatic rings. The minimum Gasteiger partial charge on any atom is -0.383 e. The largest absolute Gasteiger partial charge is 0.383 e. The van der Waals surface area contributed by atoms with Crippen LogP contribution in [0.25, 0.3) is 0 Å². The smallest absolute Gasteiger partial charge is 0.0589 e. The van der Waals surface area contributed by atoms with Crippen molar-refractivity contribution >= 4 is 0 Å². The summed E-state index contributed by atoms with van der Waals surface area (Å²) in [5.74, 6) is 0. The summed E-state index contributed by atoms with van der Waals surface area (Å²) in [7, 11) is 6.19. The molecular weight excluding hydrogens is 248 g/mol. The topological polar surface area (TPSA) is 24.5 Å². The Morgan fingerprint density at radius 1 is 0.950 bits per heavy atom. The van der Waals surface area contributed by atoms with E-state index < -0.39 is 0 Å². The fraction of sp³-hybridized carbons (Fsp3) is 1.00. The van der Waals surface area contributed by atoms with Gasteiger partial charge in [0.25, 0.3) is 0 Å². The zero-order valence-electron chi connectivity index (χ0n) is 14.0. The van der Waals surface area contributed by atoms with Crippen molar-refractivity contribution in [2.45, 2.75) is 76.3 Å². The summed E-state index contributed by atoms with van der Waals surface area (Å²) in [6, 6.07) is 1.30. The number of hydrogen-bond acceptors (Lipinski definition) is 3. The molecule has 1 fully saturated rings. The third-order valence-electron chi connectivity index (χ3n) is 4.81. The van der Waals surface area contributed by atoms with Gasteiger partial charge in [0, 0.05) is 25.7 Å². The van der Waals surface area contributed by atoms with Gasteiger partial charge in [-0.15, -0.1) is 0 Å². The number of hydrogen-bond donors (Lipinski definition) is 1. The number of likely N-dealkylation sites (N-methyl/N-ethyl adjacent to an activating group) is 2. The Balaban J connectivity index is 2.54. The second-order valence-electron chi connectivity index (χ2n) is 6.34. The highest BCUT2D eigenvalue weighted by Crippen LogP contribution is 2.20. The van der Waals surface area contributed by atoms with E-state index in [0.29, 0.717) is 12.1 Å². The molecule has 0 aliphatic heterocycles. The normalized spacial score (nSPS) is 27.0. The Morgan fingerprint density at radius 3 is 2.05 bits per heavy atom. The number of ether oxygens (including phenoxy) is 1. The van der Waals surface area contributed by atoms with Gasteiger partial charge in [0.1, 0.15) is 0 Å². The molecule has 120 valence electrons. The fourth-order valence-electron chi connectivity index (χ4n) is 3.44. The lowest BCUT2D eigenvalue weighted by atomic mass is 9.93. The van der Waals surface area contributed by atoms with Gasteiger partial charge in [-0.1, -0.05) is 51.4 Å². The molecule has 0 aromatic heterocycles. The molecule has 1 saturated carbocycles. The van der Waals surface area contributed by atoms with Crippen molar-refractivity contribution in [3.05, 3.63) is 0 Å². The molecule has 0 heterocycles. The van der Waals surface area contributed by atoms with E-state index in [-0.39, 0.29) is 0 Å². The van der Waals surface area contributed by atoms with E-state index in [2.05, 4.69) is 24.3 Å². The molecule has 1 aliphatic rings. The van der Waals surface area contributed by atoms with Gasteiger partial charge in [-0.05, 0) is 26.9 Å². The van der Waals surface area contributed by atoms with Gasteiger partial charge in [-0.2, -0.15) is 0 Å². The van der Waals surface area contributed by atoms with Crippen molar-refractivity contribution in [1.82, 2.24) is 10.2 Å². The van der Waals surface area contributed by atoms with E-state index in [1.165, 1.54) is 64.2 Å². The first kappa shape index (κ1) is 17.9. The van der Waals surface area contributed by atoms with Crippen LogP contribution in [0, 0.1) is 0 Å². The molecule has 1 aliphatic carbocycles. The molecule has 2 unspecified atom stereocenters. The third-order valence-corrected chi connectivity index (χ3v) is 4.81. The molecular formula is C17H36N2O. The quantitative estimate of drug-likeness (QED) is 0.837. The average Bonchev–Trinajstić information content (AvgIpc) is 2.45. The van der Waals surface area contributed by atoms with Crippen LogP contribution in [0.3, 0.4) is 0 Å². The molecule has 0 saturated heterocycles. The fourth-order valence-corrected chi connectivity index (χ4v) is 3.44. The van der Waals surface area contributed by atoms with E-state index in [1.54, 1.807) is 7.11 Å². The molecule has 0 radical (unpaired) electrons. The van der Waals surface area contributed by atoms with E-state index in [9.17, 15) is 0 Å². The monoisotopic (exact) mass is 284 g/mol. The lowest BCUT2D eigenvalue weighted by Crippen LogP contribution is -2.48. The van der Waals surface area contributed by atoms with Gasteiger partial charge < -0.3 is 10.1 Å². The summed E-state index contributed by atoms with van der Waals surface area (Å²) < 4.78 is 5.25. The van der Waals surface area contributed by atoms with Crippen molar-refractivity contribution in [3.63, 3.8) is 0 Å². The van der Waals surface area contributed by atoms with Gasteiger partial charge in [0.05, 0.1) is 6.61 Å². The van der Waals surface area contributed by atoms with Crippen molar-refractivity contribution in [1.29, 1.82) is 0 Å². The first-order valence-corrected chi connectivity index (χ1v) is 8.66. The summed E-state index contributed by atoms with van der Waals surface area (Å²) in [6.07, 6.45) is 14.0. The standard InChI is InChI=1S/C17H36N2O/c1-18-16-12-10-8-6-4-5-7-9-11-13-17(16)19(2)14-15-20-3/h16-18H,4-15H2,1-3H3. The van der Waals surface area contributed by atoms with Crippen LogP contribution in [-0.4, -0.2) is 51.3 Å². The maximum Gasteiger partial charge on any atom is 0.0589 e. The summed E-state index contributed by atoms with van der Waals surface area (Å²) in [5.41, 5.74) is 0. The molecule has 3 heteroatoms. The Labute approximate surface area is 126 Å². The molecule has 2 atom stereocenters. The maximum atomic E-state index is 5.25. The first-order chi connectivity index (χ1) is 9.79. The molecule has 0 amide bonds. The zero-order valence-corrected chi connectivity index (χ0v) is 14.0. The Kier molecular flexibility index (Phi) is 10.3. The van der Waals surface area contributed by atoms with Crippen molar-refractivity contribution in [3.8, 4) is 0 Å². The maximum absolute atomic E-state index is 5.25. The van der Waals surface area contributed by atoms with E-state index in [4.69, 9.17) is 4.74 Å². The van der Waals surface area contributed by atoms with Crippen LogP contribution in [0.5, 0.6) is 0 Å². The van der Waals surface area contributed by atoms with Gasteiger partial charge in [-0.25, -0.2) is 0 Å². The summed E-state index contributed by atoms with van der Waals surface area (Å²) >= 11 is 0. The van der Waals surface area contributed by atoms with E-state index in [0.717, 1.165) is 13.2 Å². The summed E-state index contributed by atoms with van der Waals surface area (Å²) in [5, 5.41) is 3.58. The van der Waals surface area contributed by atoms with Crippen LogP contribution >= 0.6 is 0 Å². The molecule has 1 rings (SSSR count). The van der Waals surface area contributed by atoms with Gasteiger partial charge in [0.2, 0.25) is 0 Å². The number of methoxy groups -OCH3 is 1. The SMILES string of the molecule is CNC1CCCCCCCCCCC1N(C)CCOC. The van der Waals surface area contributed by atoms with Gasteiger partial charge in [-0.3, -0.25) is 4.90 Å². The van der Waals surface area contributed by atoms with E-state index >= 15 is 0 Å². The Morgan fingerprint density at radius 2 is 1.50 bits per heavy atom. The van der Waals surface area contributed by atoms with Gasteiger partial charge >= 0.3 is 0 Å². The third kappa shape index (κ3) is 7.05. The molecule has 3 nitrogen and oxygen atoms in total. The van der Waals surface area contributed by atoms with Crippen LogP contribution in [0.4, 0.5) is 0 Å². The van der Waals surface area contributed by atoms with Crippen LogP contribution in [-0.2, 0) is 4.74 Å². The molecule has 20 heavy (non-hydrogen) atoms. The van der Waals surface area contributed by atoms with Crippen LogP contribution in [0.2, 0.25) is 0 Å². The van der Waals surface area contributed by atoms with Crippen molar-refractivity contribution < 1.29 is 4.74 Å².